The third-order valence-corrected chi connectivity index (χ3v) is 3.60. The highest BCUT2D eigenvalue weighted by Gasteiger charge is 2.46. The lowest BCUT2D eigenvalue weighted by atomic mass is 9.66. The molecule has 0 bridgehead atoms. The molecule has 2 fully saturated rings. The second-order valence-corrected chi connectivity index (χ2v) is 5.19. The molecule has 2 saturated carbocycles. The smallest absolute Gasteiger partial charge is 0.0292 e. The van der Waals surface area contributed by atoms with Crippen LogP contribution in [-0.2, 0) is 0 Å². The molecule has 58 valence electrons. The summed E-state index contributed by atoms with van der Waals surface area (Å²) in [5, 5.41) is 0. The first-order valence-corrected chi connectivity index (χ1v) is 4.62. The average molecular weight is 138 g/mol. The molecule has 0 amide bonds. The quantitative estimate of drug-likeness (QED) is 0.481. The zero-order chi connectivity index (χ0) is 7.24. The van der Waals surface area contributed by atoms with Gasteiger partial charge in [-0.15, -0.1) is 0 Å². The number of rotatable bonds is 0. The predicted octanol–water partition coefficient (Wildman–Crippen LogP) is 3.37. The molecule has 0 radical (unpaired) electrons. The second kappa shape index (κ2) is 1.78. The van der Waals surface area contributed by atoms with Crippen molar-refractivity contribution in [2.45, 2.75) is 52.4 Å². The fraction of sp³-hybridized carbons (Fsp3) is 1.00. The Bertz CT molecular complexity index is 140. The van der Waals surface area contributed by atoms with E-state index >= 15 is 0 Å². The maximum atomic E-state index is 2.43. The van der Waals surface area contributed by atoms with Crippen LogP contribution in [-0.4, -0.2) is 0 Å². The Morgan fingerprint density at radius 3 is 1.80 bits per heavy atom. The zero-order valence-corrected chi connectivity index (χ0v) is 7.24. The maximum Gasteiger partial charge on any atom is -0.0292 e. The van der Waals surface area contributed by atoms with Crippen molar-refractivity contribution in [3.63, 3.8) is 0 Å². The first-order valence-electron chi connectivity index (χ1n) is 4.62. The van der Waals surface area contributed by atoms with E-state index in [0.717, 1.165) is 5.41 Å². The summed E-state index contributed by atoms with van der Waals surface area (Å²) in [7, 11) is 0. The second-order valence-electron chi connectivity index (χ2n) is 5.19. The zero-order valence-electron chi connectivity index (χ0n) is 7.24. The fourth-order valence-electron chi connectivity index (χ4n) is 2.90. The van der Waals surface area contributed by atoms with Crippen molar-refractivity contribution < 1.29 is 0 Å². The van der Waals surface area contributed by atoms with Gasteiger partial charge in [-0.1, -0.05) is 20.3 Å². The fourth-order valence-corrected chi connectivity index (χ4v) is 2.90. The van der Waals surface area contributed by atoms with Crippen LogP contribution in [0.3, 0.4) is 0 Å². The number of hydrogen-bond acceptors (Lipinski definition) is 0. The van der Waals surface area contributed by atoms with E-state index < -0.39 is 0 Å². The molecule has 2 rings (SSSR count). The monoisotopic (exact) mass is 138 g/mol. The van der Waals surface area contributed by atoms with E-state index in [2.05, 4.69) is 13.8 Å². The standard InChI is InChI=1S/C10H18/c1-9(2)6-7-10(8-9)4-3-5-10/h3-8H2,1-2H3. The molecule has 0 aromatic carbocycles. The van der Waals surface area contributed by atoms with Gasteiger partial charge in [-0.2, -0.15) is 0 Å². The third-order valence-electron chi connectivity index (χ3n) is 3.60. The molecule has 0 aromatic heterocycles. The summed E-state index contributed by atoms with van der Waals surface area (Å²) >= 11 is 0. The van der Waals surface area contributed by atoms with Crippen LogP contribution in [0.25, 0.3) is 0 Å². The van der Waals surface area contributed by atoms with Crippen molar-refractivity contribution >= 4 is 0 Å². The van der Waals surface area contributed by atoms with E-state index in [-0.39, 0.29) is 0 Å². The molecule has 0 nitrogen and oxygen atoms in total. The Balaban J connectivity index is 2.05. The van der Waals surface area contributed by atoms with E-state index in [1.807, 2.05) is 0 Å². The van der Waals surface area contributed by atoms with Gasteiger partial charge in [-0.05, 0) is 42.9 Å². The first kappa shape index (κ1) is 6.69. The lowest BCUT2D eigenvalue weighted by Crippen LogP contribution is -2.26. The van der Waals surface area contributed by atoms with Crippen molar-refractivity contribution in [1.29, 1.82) is 0 Å². The minimum Gasteiger partial charge on any atom is -0.0599 e. The van der Waals surface area contributed by atoms with Gasteiger partial charge in [0.25, 0.3) is 0 Å². The van der Waals surface area contributed by atoms with Crippen LogP contribution < -0.4 is 0 Å². The molecule has 10 heavy (non-hydrogen) atoms. The van der Waals surface area contributed by atoms with Gasteiger partial charge in [0.1, 0.15) is 0 Å². The summed E-state index contributed by atoms with van der Waals surface area (Å²) in [5.74, 6) is 0. The van der Waals surface area contributed by atoms with Crippen molar-refractivity contribution in [2.75, 3.05) is 0 Å². The lowest BCUT2D eigenvalue weighted by molar-refractivity contribution is 0.125. The van der Waals surface area contributed by atoms with Crippen LogP contribution in [0.1, 0.15) is 52.4 Å². The van der Waals surface area contributed by atoms with Gasteiger partial charge in [0, 0.05) is 0 Å². The molecular formula is C10H18. The predicted molar refractivity (Wildman–Crippen MR) is 43.9 cm³/mol. The SMILES string of the molecule is CC1(C)CCC2(CCC2)C1. The van der Waals surface area contributed by atoms with Crippen LogP contribution in [0.2, 0.25) is 0 Å². The normalized spacial score (nSPS) is 34.2. The van der Waals surface area contributed by atoms with Crippen LogP contribution >= 0.6 is 0 Å². The Morgan fingerprint density at radius 1 is 0.900 bits per heavy atom. The van der Waals surface area contributed by atoms with E-state index in [9.17, 15) is 0 Å². The Hall–Kier alpha value is 0. The van der Waals surface area contributed by atoms with Crippen molar-refractivity contribution in [3.05, 3.63) is 0 Å². The van der Waals surface area contributed by atoms with Crippen LogP contribution in [0.4, 0.5) is 0 Å². The van der Waals surface area contributed by atoms with Gasteiger partial charge < -0.3 is 0 Å². The van der Waals surface area contributed by atoms with Crippen LogP contribution in [0.5, 0.6) is 0 Å². The molecule has 2 aliphatic carbocycles. The summed E-state index contributed by atoms with van der Waals surface area (Å²) in [6, 6.07) is 0. The summed E-state index contributed by atoms with van der Waals surface area (Å²) < 4.78 is 0. The highest BCUT2D eigenvalue weighted by molar-refractivity contribution is 4.97. The molecule has 0 unspecified atom stereocenters. The van der Waals surface area contributed by atoms with E-state index in [1.165, 1.54) is 38.5 Å². The number of hydrogen-bond donors (Lipinski definition) is 0. The molecule has 0 N–H and O–H groups in total. The molecular weight excluding hydrogens is 120 g/mol. The van der Waals surface area contributed by atoms with Crippen molar-refractivity contribution in [3.8, 4) is 0 Å². The summed E-state index contributed by atoms with van der Waals surface area (Å²) in [5.41, 5.74) is 1.53. The average Bonchev–Trinajstić information content (AvgIpc) is 2.04. The first-order chi connectivity index (χ1) is 4.62. The van der Waals surface area contributed by atoms with Gasteiger partial charge in [-0.3, -0.25) is 0 Å². The molecule has 0 heterocycles. The molecule has 0 saturated heterocycles. The van der Waals surface area contributed by atoms with Crippen LogP contribution in [0, 0.1) is 10.8 Å². The van der Waals surface area contributed by atoms with Gasteiger partial charge in [0.2, 0.25) is 0 Å². The lowest BCUT2D eigenvalue weighted by Gasteiger charge is -2.39. The molecule has 0 aromatic rings. The summed E-state index contributed by atoms with van der Waals surface area (Å²) in [6.07, 6.45) is 9.11. The van der Waals surface area contributed by atoms with Gasteiger partial charge in [0.05, 0.1) is 0 Å². The Kier molecular flexibility index (Phi) is 1.19. The largest absolute Gasteiger partial charge is 0.0599 e. The van der Waals surface area contributed by atoms with Gasteiger partial charge >= 0.3 is 0 Å². The minimum atomic E-state index is 0.681. The van der Waals surface area contributed by atoms with Crippen molar-refractivity contribution in [2.24, 2.45) is 10.8 Å². The highest BCUT2D eigenvalue weighted by Crippen LogP contribution is 2.59. The molecule has 2 aliphatic rings. The van der Waals surface area contributed by atoms with Gasteiger partial charge in [0.15, 0.2) is 0 Å². The Morgan fingerprint density at radius 2 is 1.60 bits per heavy atom. The summed E-state index contributed by atoms with van der Waals surface area (Å²) in [6.45, 7) is 4.86. The van der Waals surface area contributed by atoms with E-state index in [1.54, 1.807) is 0 Å². The van der Waals surface area contributed by atoms with E-state index in [4.69, 9.17) is 0 Å². The third kappa shape index (κ3) is 0.889. The topological polar surface area (TPSA) is 0 Å². The van der Waals surface area contributed by atoms with Crippen molar-refractivity contribution in [1.82, 2.24) is 0 Å². The Labute approximate surface area is 64.0 Å². The minimum absolute atomic E-state index is 0.681. The van der Waals surface area contributed by atoms with E-state index in [0.29, 0.717) is 5.41 Å². The molecule has 0 heteroatoms. The molecule has 1 spiro atoms. The molecule has 0 aliphatic heterocycles. The maximum absolute atomic E-state index is 2.43. The van der Waals surface area contributed by atoms with Crippen LogP contribution in [0.15, 0.2) is 0 Å². The van der Waals surface area contributed by atoms with Gasteiger partial charge in [-0.25, -0.2) is 0 Å². The molecule has 0 atom stereocenters. The highest BCUT2D eigenvalue weighted by atomic mass is 14.5. The summed E-state index contributed by atoms with van der Waals surface area (Å²) in [4.78, 5) is 0.